The number of rotatable bonds is 4. The molecule has 1 nitrogen and oxygen atoms in total. The van der Waals surface area contributed by atoms with Gasteiger partial charge in [0.2, 0.25) is 0 Å². The summed E-state index contributed by atoms with van der Waals surface area (Å²) in [7, 11) is 0. The maximum atomic E-state index is 5.90. The molecule has 0 radical (unpaired) electrons. The fourth-order valence-electron chi connectivity index (χ4n) is 2.07. The molecule has 0 fully saturated rings. The van der Waals surface area contributed by atoms with Gasteiger partial charge < -0.3 is 5.32 Å². The van der Waals surface area contributed by atoms with Crippen LogP contribution in [0, 0.1) is 0 Å². The summed E-state index contributed by atoms with van der Waals surface area (Å²) in [6.07, 6.45) is 0. The van der Waals surface area contributed by atoms with Crippen molar-refractivity contribution < 1.29 is 0 Å². The van der Waals surface area contributed by atoms with E-state index in [1.807, 2.05) is 24.3 Å². The average molecular weight is 294 g/mol. The molecule has 0 aliphatic heterocycles. The average Bonchev–Trinajstić information content (AvgIpc) is 2.40. The standard InChI is InChI=1S/C16H17Cl2N/c1-11(13-3-7-15(17)8-4-13)19-12(2)14-5-9-16(18)10-6-14/h3-12,19H,1-2H3. The third kappa shape index (κ3) is 3.97. The zero-order chi connectivity index (χ0) is 13.8. The summed E-state index contributed by atoms with van der Waals surface area (Å²) in [5, 5.41) is 5.10. The van der Waals surface area contributed by atoms with Crippen molar-refractivity contribution in [3.8, 4) is 0 Å². The predicted molar refractivity (Wildman–Crippen MR) is 82.9 cm³/mol. The molecular formula is C16H17Cl2N. The van der Waals surface area contributed by atoms with E-state index < -0.39 is 0 Å². The van der Waals surface area contributed by atoms with Crippen molar-refractivity contribution in [3.05, 3.63) is 69.7 Å². The molecule has 100 valence electrons. The van der Waals surface area contributed by atoms with Crippen LogP contribution in [0.1, 0.15) is 37.1 Å². The van der Waals surface area contributed by atoms with E-state index in [4.69, 9.17) is 23.2 Å². The molecule has 0 bridgehead atoms. The smallest absolute Gasteiger partial charge is 0.0406 e. The number of benzene rings is 2. The summed E-state index contributed by atoms with van der Waals surface area (Å²) < 4.78 is 0. The second kappa shape index (κ2) is 6.42. The van der Waals surface area contributed by atoms with Gasteiger partial charge in [0, 0.05) is 22.1 Å². The summed E-state index contributed by atoms with van der Waals surface area (Å²) in [6, 6.07) is 16.4. The van der Waals surface area contributed by atoms with Gasteiger partial charge in [-0.25, -0.2) is 0 Å². The van der Waals surface area contributed by atoms with Crippen LogP contribution < -0.4 is 5.32 Å². The molecule has 0 aliphatic rings. The molecule has 0 saturated heterocycles. The first-order valence-corrected chi connectivity index (χ1v) is 7.09. The molecule has 0 amide bonds. The van der Waals surface area contributed by atoms with E-state index in [0.29, 0.717) is 0 Å². The van der Waals surface area contributed by atoms with Crippen molar-refractivity contribution in [2.45, 2.75) is 25.9 Å². The van der Waals surface area contributed by atoms with E-state index in [2.05, 4.69) is 43.4 Å². The van der Waals surface area contributed by atoms with E-state index >= 15 is 0 Å². The van der Waals surface area contributed by atoms with E-state index in [1.54, 1.807) is 0 Å². The minimum atomic E-state index is 0.267. The molecule has 0 aromatic heterocycles. The van der Waals surface area contributed by atoms with Gasteiger partial charge in [0.05, 0.1) is 0 Å². The molecule has 2 aromatic carbocycles. The predicted octanol–water partition coefficient (Wildman–Crippen LogP) is 5.41. The molecule has 2 atom stereocenters. The Hall–Kier alpha value is -1.02. The summed E-state index contributed by atoms with van der Waals surface area (Å²) in [6.45, 7) is 4.30. The quantitative estimate of drug-likeness (QED) is 0.795. The normalized spacial score (nSPS) is 14.1. The lowest BCUT2D eigenvalue weighted by molar-refractivity contribution is 0.495. The van der Waals surface area contributed by atoms with Gasteiger partial charge in [0.15, 0.2) is 0 Å². The molecule has 2 aromatic rings. The maximum Gasteiger partial charge on any atom is 0.0406 e. The molecule has 0 spiro atoms. The van der Waals surface area contributed by atoms with Crippen molar-refractivity contribution in [2.75, 3.05) is 0 Å². The Morgan fingerprint density at radius 2 is 1.00 bits per heavy atom. The minimum Gasteiger partial charge on any atom is -0.304 e. The second-order valence-electron chi connectivity index (χ2n) is 4.71. The van der Waals surface area contributed by atoms with Crippen LogP contribution in [-0.2, 0) is 0 Å². The van der Waals surface area contributed by atoms with Crippen LogP contribution >= 0.6 is 23.2 Å². The number of nitrogens with one attached hydrogen (secondary N) is 1. The highest BCUT2D eigenvalue weighted by Crippen LogP contribution is 2.21. The summed E-state index contributed by atoms with van der Waals surface area (Å²) in [5.41, 5.74) is 2.45. The van der Waals surface area contributed by atoms with Crippen LogP contribution in [-0.4, -0.2) is 0 Å². The van der Waals surface area contributed by atoms with Gasteiger partial charge in [-0.05, 0) is 49.2 Å². The van der Waals surface area contributed by atoms with Crippen LogP contribution in [0.25, 0.3) is 0 Å². The maximum absolute atomic E-state index is 5.90. The SMILES string of the molecule is CC(NC(C)c1ccc(Cl)cc1)c1ccc(Cl)cc1. The van der Waals surface area contributed by atoms with Gasteiger partial charge in [0.25, 0.3) is 0 Å². The van der Waals surface area contributed by atoms with Crippen molar-refractivity contribution in [3.63, 3.8) is 0 Å². The zero-order valence-corrected chi connectivity index (χ0v) is 12.5. The Morgan fingerprint density at radius 3 is 1.32 bits per heavy atom. The van der Waals surface area contributed by atoms with Crippen molar-refractivity contribution in [1.82, 2.24) is 5.32 Å². The summed E-state index contributed by atoms with van der Waals surface area (Å²) in [4.78, 5) is 0. The van der Waals surface area contributed by atoms with E-state index in [-0.39, 0.29) is 12.1 Å². The Morgan fingerprint density at radius 1 is 0.684 bits per heavy atom. The molecular weight excluding hydrogens is 277 g/mol. The lowest BCUT2D eigenvalue weighted by Gasteiger charge is -2.21. The van der Waals surface area contributed by atoms with Gasteiger partial charge in [-0.2, -0.15) is 0 Å². The lowest BCUT2D eigenvalue weighted by atomic mass is 10.0. The van der Waals surface area contributed by atoms with Crippen LogP contribution in [0.4, 0.5) is 0 Å². The van der Waals surface area contributed by atoms with E-state index in [0.717, 1.165) is 10.0 Å². The number of hydrogen-bond donors (Lipinski definition) is 1. The highest BCUT2D eigenvalue weighted by Gasteiger charge is 2.10. The Bertz CT molecular complexity index is 470. The highest BCUT2D eigenvalue weighted by atomic mass is 35.5. The van der Waals surface area contributed by atoms with Gasteiger partial charge in [-0.1, -0.05) is 47.5 Å². The lowest BCUT2D eigenvalue weighted by Crippen LogP contribution is -2.22. The second-order valence-corrected chi connectivity index (χ2v) is 5.59. The van der Waals surface area contributed by atoms with Gasteiger partial charge in [-0.3, -0.25) is 0 Å². The van der Waals surface area contributed by atoms with Gasteiger partial charge in [0.1, 0.15) is 0 Å². The Kier molecular flexibility index (Phi) is 4.87. The van der Waals surface area contributed by atoms with Crippen molar-refractivity contribution in [1.29, 1.82) is 0 Å². The number of hydrogen-bond acceptors (Lipinski definition) is 1. The highest BCUT2D eigenvalue weighted by molar-refractivity contribution is 6.30. The fraction of sp³-hybridized carbons (Fsp3) is 0.250. The van der Waals surface area contributed by atoms with E-state index in [9.17, 15) is 0 Å². The van der Waals surface area contributed by atoms with Crippen molar-refractivity contribution in [2.24, 2.45) is 0 Å². The third-order valence-electron chi connectivity index (χ3n) is 3.24. The molecule has 2 rings (SSSR count). The van der Waals surface area contributed by atoms with Crippen LogP contribution in [0.2, 0.25) is 10.0 Å². The first kappa shape index (κ1) is 14.4. The summed E-state index contributed by atoms with van der Waals surface area (Å²) >= 11 is 11.8. The minimum absolute atomic E-state index is 0.267. The van der Waals surface area contributed by atoms with Crippen molar-refractivity contribution >= 4 is 23.2 Å². The fourth-order valence-corrected chi connectivity index (χ4v) is 2.32. The van der Waals surface area contributed by atoms with Crippen LogP contribution in [0.3, 0.4) is 0 Å². The van der Waals surface area contributed by atoms with Crippen LogP contribution in [0.15, 0.2) is 48.5 Å². The van der Waals surface area contributed by atoms with Gasteiger partial charge >= 0.3 is 0 Å². The molecule has 1 N–H and O–H groups in total. The van der Waals surface area contributed by atoms with E-state index in [1.165, 1.54) is 11.1 Å². The Balaban J connectivity index is 2.03. The molecule has 2 unspecified atom stereocenters. The topological polar surface area (TPSA) is 12.0 Å². The largest absolute Gasteiger partial charge is 0.304 e. The number of halogens is 2. The first-order valence-electron chi connectivity index (χ1n) is 6.33. The van der Waals surface area contributed by atoms with Crippen LogP contribution in [0.5, 0.6) is 0 Å². The Labute approximate surface area is 124 Å². The first-order chi connectivity index (χ1) is 9.06. The molecule has 0 saturated carbocycles. The molecule has 3 heteroatoms. The molecule has 19 heavy (non-hydrogen) atoms. The molecule has 0 heterocycles. The zero-order valence-electron chi connectivity index (χ0n) is 11.0. The monoisotopic (exact) mass is 293 g/mol. The third-order valence-corrected chi connectivity index (χ3v) is 3.74. The van der Waals surface area contributed by atoms with Gasteiger partial charge in [-0.15, -0.1) is 0 Å². The molecule has 0 aliphatic carbocycles. The summed E-state index contributed by atoms with van der Waals surface area (Å²) in [5.74, 6) is 0.